The third-order valence-electron chi connectivity index (χ3n) is 9.53. The highest BCUT2D eigenvalue weighted by atomic mass is 16.5. The summed E-state index contributed by atoms with van der Waals surface area (Å²) in [6.07, 6.45) is 19.9. The molecule has 0 spiro atoms. The van der Waals surface area contributed by atoms with Gasteiger partial charge in [-0.15, -0.1) is 0 Å². The van der Waals surface area contributed by atoms with Crippen LogP contribution in [0.3, 0.4) is 0 Å². The zero-order valence-corrected chi connectivity index (χ0v) is 23.8. The van der Waals surface area contributed by atoms with Gasteiger partial charge >= 0.3 is 0 Å². The first kappa shape index (κ1) is 29.0. The van der Waals surface area contributed by atoms with Gasteiger partial charge in [-0.1, -0.05) is 95.0 Å². The summed E-state index contributed by atoms with van der Waals surface area (Å²) >= 11 is 0. The Morgan fingerprint density at radius 2 is 1.71 bits per heavy atom. The van der Waals surface area contributed by atoms with Crippen molar-refractivity contribution in [3.8, 4) is 0 Å². The maximum atomic E-state index is 8.00. The largest absolute Gasteiger partial charge is 0.439 e. The number of hydrogen-bond acceptors (Lipinski definition) is 4. The van der Waals surface area contributed by atoms with E-state index in [1.54, 1.807) is 4.90 Å². The molecule has 4 unspecified atom stereocenters. The molecule has 3 fully saturated rings. The van der Waals surface area contributed by atoms with Gasteiger partial charge in [-0.2, -0.15) is 0 Å². The Morgan fingerprint density at radius 1 is 1.00 bits per heavy atom. The zero-order valence-electron chi connectivity index (χ0n) is 23.8. The topological polar surface area (TPSA) is 56.8 Å². The minimum atomic E-state index is 0.289. The number of likely N-dealkylation sites (tertiary alicyclic amines) is 1. The Labute approximate surface area is 230 Å². The Balaban J connectivity index is 0.00000164. The number of nitrogens with one attached hydrogen (secondary N) is 1. The minimum Gasteiger partial charge on any atom is -0.439 e. The van der Waals surface area contributed by atoms with Crippen LogP contribution in [0.4, 0.5) is 0 Å². The molecular weight excluding hydrogens is 472 g/mol. The number of rotatable bonds is 10. The van der Waals surface area contributed by atoms with Crippen LogP contribution < -0.4 is 4.90 Å². The first-order chi connectivity index (χ1) is 18.8. The second-order valence-corrected chi connectivity index (χ2v) is 12.0. The van der Waals surface area contributed by atoms with Crippen LogP contribution in [0.15, 0.2) is 40.9 Å². The van der Waals surface area contributed by atoms with Crippen LogP contribution in [0.2, 0.25) is 0 Å². The highest BCUT2D eigenvalue weighted by Gasteiger charge is 2.34. The number of carbonyl (C=O) groups is 1. The van der Waals surface area contributed by atoms with Crippen molar-refractivity contribution in [3.05, 3.63) is 53.7 Å². The van der Waals surface area contributed by atoms with Crippen LogP contribution in [0, 0.1) is 17.8 Å². The lowest BCUT2D eigenvalue weighted by atomic mass is 9.77. The number of hydrogen-bond donors (Lipinski definition) is 1. The Kier molecular flexibility index (Phi) is 11.9. The molecule has 1 aliphatic heterocycles. The van der Waals surface area contributed by atoms with E-state index < -0.39 is 0 Å². The monoisotopic (exact) mass is 523 g/mol. The summed E-state index contributed by atoms with van der Waals surface area (Å²) in [6, 6.07) is 11.0. The highest BCUT2D eigenvalue weighted by Crippen LogP contribution is 2.40. The molecule has 5 rings (SSSR count). The molecule has 5 heteroatoms. The van der Waals surface area contributed by atoms with Gasteiger partial charge in [0.1, 0.15) is 26.0 Å². The van der Waals surface area contributed by atoms with Crippen molar-refractivity contribution in [2.45, 2.75) is 109 Å². The lowest BCUT2D eigenvalue weighted by molar-refractivity contribution is -0.924. The van der Waals surface area contributed by atoms with Crippen molar-refractivity contribution in [1.82, 2.24) is 4.98 Å². The van der Waals surface area contributed by atoms with Gasteiger partial charge in [0.15, 0.2) is 5.76 Å². The Bertz CT molecular complexity index is 904. The van der Waals surface area contributed by atoms with Gasteiger partial charge in [0.2, 0.25) is 5.89 Å². The van der Waals surface area contributed by atoms with E-state index in [0.29, 0.717) is 17.9 Å². The predicted molar refractivity (Wildman–Crippen MR) is 152 cm³/mol. The van der Waals surface area contributed by atoms with Crippen molar-refractivity contribution in [3.63, 3.8) is 0 Å². The molecule has 1 N–H and O–H groups in total. The number of nitrogens with zero attached hydrogens (tertiary/aromatic N) is 1. The Morgan fingerprint density at radius 3 is 2.42 bits per heavy atom. The first-order valence-corrected chi connectivity index (χ1v) is 15.5. The zero-order chi connectivity index (χ0) is 26.6. The van der Waals surface area contributed by atoms with Gasteiger partial charge in [-0.05, 0) is 42.6 Å². The molecule has 5 nitrogen and oxygen atoms in total. The number of carbonyl (C=O) groups excluding carboxylic acids is 1. The maximum Gasteiger partial charge on any atom is 0.202 e. The predicted octanol–water partition coefficient (Wildman–Crippen LogP) is 6.37. The molecular formula is C33H51N2O3+. The lowest BCUT2D eigenvalue weighted by Gasteiger charge is -2.35. The SMILES string of the molecule is C=O.CCC1CC[NH+](Cc2cnc(C(c3ccccc3)C3CCCCC3)o2)CC1OCCC1CCCCC1. The van der Waals surface area contributed by atoms with Crippen LogP contribution in [0.1, 0.15) is 114 Å². The summed E-state index contributed by atoms with van der Waals surface area (Å²) < 4.78 is 13.1. The van der Waals surface area contributed by atoms with Gasteiger partial charge in [0.05, 0.1) is 18.7 Å². The summed E-state index contributed by atoms with van der Waals surface area (Å²) in [5, 5.41) is 0. The van der Waals surface area contributed by atoms with Crippen molar-refractivity contribution in [1.29, 1.82) is 0 Å². The lowest BCUT2D eigenvalue weighted by Crippen LogP contribution is -3.13. The van der Waals surface area contributed by atoms with Crippen LogP contribution in [-0.2, 0) is 16.1 Å². The number of ether oxygens (including phenoxy) is 1. The van der Waals surface area contributed by atoms with E-state index in [1.165, 1.54) is 95.6 Å². The maximum absolute atomic E-state index is 8.00. The van der Waals surface area contributed by atoms with Crippen LogP contribution >= 0.6 is 0 Å². The summed E-state index contributed by atoms with van der Waals surface area (Å²) in [5.41, 5.74) is 1.36. The third kappa shape index (κ3) is 8.02. The van der Waals surface area contributed by atoms with E-state index in [1.807, 2.05) is 13.0 Å². The standard InChI is InChI=1S/C32H48N2O2.CH2O/c1-2-26-18-20-34(24-30(26)35-21-19-25-12-6-3-7-13-25)23-29-22-33-32(36-29)31(27-14-8-4-9-15-27)28-16-10-5-11-17-28;1-2/h4,8-9,14-15,22,25-26,28,30-31H,2-3,5-7,10-13,16-21,23-24H2,1H3;1H2/p+1. The molecule has 0 bridgehead atoms. The van der Waals surface area contributed by atoms with E-state index in [2.05, 4.69) is 37.3 Å². The average Bonchev–Trinajstić information content (AvgIpc) is 3.44. The fourth-order valence-electron chi connectivity index (χ4n) is 7.35. The molecule has 1 aromatic heterocycles. The van der Waals surface area contributed by atoms with Gasteiger partial charge in [0.25, 0.3) is 0 Å². The van der Waals surface area contributed by atoms with Gasteiger partial charge < -0.3 is 18.8 Å². The van der Waals surface area contributed by atoms with E-state index >= 15 is 0 Å². The molecule has 2 aliphatic carbocycles. The van der Waals surface area contributed by atoms with Crippen LogP contribution in [0.25, 0.3) is 0 Å². The highest BCUT2D eigenvalue weighted by molar-refractivity contribution is 5.26. The molecule has 2 heterocycles. The number of benzene rings is 1. The van der Waals surface area contributed by atoms with Gasteiger partial charge in [-0.3, -0.25) is 0 Å². The number of piperidine rings is 1. The van der Waals surface area contributed by atoms with Crippen molar-refractivity contribution in [2.24, 2.45) is 17.8 Å². The van der Waals surface area contributed by atoms with E-state index in [-0.39, 0.29) is 5.92 Å². The fraction of sp³-hybridized carbons (Fsp3) is 0.697. The minimum absolute atomic E-state index is 0.289. The van der Waals surface area contributed by atoms with Gasteiger partial charge in [-0.25, -0.2) is 4.98 Å². The summed E-state index contributed by atoms with van der Waals surface area (Å²) in [6.45, 7) is 8.53. The smallest absolute Gasteiger partial charge is 0.202 e. The van der Waals surface area contributed by atoms with Crippen LogP contribution in [0.5, 0.6) is 0 Å². The number of quaternary nitrogens is 1. The quantitative estimate of drug-likeness (QED) is 0.393. The second kappa shape index (κ2) is 15.6. The summed E-state index contributed by atoms with van der Waals surface area (Å²) in [5.74, 6) is 4.53. The van der Waals surface area contributed by atoms with Gasteiger partial charge in [0, 0.05) is 13.0 Å². The molecule has 1 saturated heterocycles. The van der Waals surface area contributed by atoms with Crippen molar-refractivity contribution >= 4 is 6.79 Å². The number of aromatic nitrogens is 1. The van der Waals surface area contributed by atoms with E-state index in [9.17, 15) is 0 Å². The summed E-state index contributed by atoms with van der Waals surface area (Å²) in [7, 11) is 0. The van der Waals surface area contributed by atoms with Crippen molar-refractivity contribution in [2.75, 3.05) is 19.7 Å². The molecule has 0 radical (unpaired) electrons. The molecule has 210 valence electrons. The van der Waals surface area contributed by atoms with Crippen LogP contribution in [-0.4, -0.2) is 37.6 Å². The number of oxazole rings is 1. The molecule has 0 amide bonds. The Hall–Kier alpha value is -1.98. The molecule has 2 aromatic rings. The summed E-state index contributed by atoms with van der Waals surface area (Å²) in [4.78, 5) is 14.5. The second-order valence-electron chi connectivity index (χ2n) is 12.0. The third-order valence-corrected chi connectivity index (χ3v) is 9.53. The van der Waals surface area contributed by atoms with Crippen molar-refractivity contribution < 1.29 is 18.8 Å². The first-order valence-electron chi connectivity index (χ1n) is 15.5. The fourth-order valence-corrected chi connectivity index (χ4v) is 7.35. The van der Waals surface area contributed by atoms with E-state index in [0.717, 1.165) is 37.3 Å². The average molecular weight is 524 g/mol. The molecule has 3 aliphatic rings. The molecule has 38 heavy (non-hydrogen) atoms. The normalized spacial score (nSPS) is 25.9. The molecule has 2 saturated carbocycles. The molecule has 4 atom stereocenters. The van der Waals surface area contributed by atoms with E-state index in [4.69, 9.17) is 18.9 Å². The molecule has 1 aromatic carbocycles.